The third kappa shape index (κ3) is 11.6. The first-order valence-corrected chi connectivity index (χ1v) is 44.1. The lowest BCUT2D eigenvalue weighted by molar-refractivity contribution is 0.487. The summed E-state index contributed by atoms with van der Waals surface area (Å²) in [5.74, 6) is 3.33. The van der Waals surface area contributed by atoms with Gasteiger partial charge in [0, 0.05) is 80.4 Å². The normalized spacial score (nSPS) is 13.1. The van der Waals surface area contributed by atoms with E-state index in [9.17, 15) is 0 Å². The largest absolute Gasteiger partial charge is 0.458 e. The molecule has 0 unspecified atom stereocenters. The molecule has 0 atom stereocenters. The first-order valence-electron chi connectivity index (χ1n) is 44.1. The Morgan fingerprint density at radius 3 is 0.651 bits per heavy atom. The van der Waals surface area contributed by atoms with E-state index in [1.54, 1.807) is 0 Å². The number of para-hydroxylation sites is 12. The van der Waals surface area contributed by atoms with Crippen LogP contribution in [0.3, 0.4) is 0 Å². The van der Waals surface area contributed by atoms with Gasteiger partial charge >= 0.3 is 0 Å². The maximum atomic E-state index is 7.60. The Kier molecular flexibility index (Phi) is 17.8. The van der Waals surface area contributed by atoms with E-state index < -0.39 is 6.71 Å². The van der Waals surface area contributed by atoms with Crippen molar-refractivity contribution in [2.45, 2.75) is 83.1 Å². The van der Waals surface area contributed by atoms with Crippen LogP contribution in [0, 0.1) is 83.1 Å². The zero-order valence-corrected chi connectivity index (χ0v) is 73.0. The molecule has 6 aliphatic rings. The van der Waals surface area contributed by atoms with Gasteiger partial charge in [0.1, 0.15) is 23.0 Å². The Morgan fingerprint density at radius 1 is 0.183 bits per heavy atom. The summed E-state index contributed by atoms with van der Waals surface area (Å²) >= 11 is 0. The topological polar surface area (TPSA) is 41.1 Å². The number of anilines is 21. The average Bonchev–Trinajstić information content (AvgIpc) is 0.724. The lowest BCUT2D eigenvalue weighted by Crippen LogP contribution is -2.66. The van der Waals surface area contributed by atoms with Crippen LogP contribution in [0.25, 0.3) is 0 Å². The van der Waals surface area contributed by atoms with Gasteiger partial charge in [-0.25, -0.2) is 0 Å². The molecule has 6 heterocycles. The molecule has 0 aromatic heterocycles. The predicted molar refractivity (Wildman–Crippen MR) is 533 cm³/mol. The highest BCUT2D eigenvalue weighted by molar-refractivity contribution is 7.04. The summed E-state index contributed by atoms with van der Waals surface area (Å²) < 4.78 is 15.2. The second-order valence-electron chi connectivity index (χ2n) is 35.3. The van der Waals surface area contributed by atoms with Gasteiger partial charge in [0.15, 0.2) is 0 Å². The molecule has 0 fully saturated rings. The van der Waals surface area contributed by atoms with E-state index in [4.69, 9.17) is 9.47 Å². The van der Waals surface area contributed by atoms with Crippen LogP contribution in [-0.4, -0.2) is 20.1 Å². The van der Waals surface area contributed by atoms with Crippen molar-refractivity contribution in [3.63, 3.8) is 0 Å². The van der Waals surface area contributed by atoms with Crippen molar-refractivity contribution in [1.29, 1.82) is 0 Å². The Labute approximate surface area is 740 Å². The monoisotopic (exact) mass is 1620 g/mol. The molecule has 604 valence electrons. The molecule has 0 saturated carbocycles. The minimum absolute atomic E-state index is 0.287. The van der Waals surface area contributed by atoms with Crippen LogP contribution >= 0.6 is 0 Å². The van der Waals surface area contributed by atoms with Gasteiger partial charge in [-0.1, -0.05) is 231 Å². The molecular formula is C114H92B3N7O2. The molecular weight excluding hydrogens is 1530 g/mol. The highest BCUT2D eigenvalue weighted by Gasteiger charge is 2.52. The zero-order valence-electron chi connectivity index (χ0n) is 73.0. The summed E-state index contributed by atoms with van der Waals surface area (Å²) in [6.45, 7) is 26.1. The van der Waals surface area contributed by atoms with Crippen molar-refractivity contribution in [2.24, 2.45) is 0 Å². The van der Waals surface area contributed by atoms with Gasteiger partial charge in [-0.05, 0) is 296 Å². The molecule has 23 rings (SSSR count). The van der Waals surface area contributed by atoms with Gasteiger partial charge in [-0.3, -0.25) is 0 Å². The second kappa shape index (κ2) is 29.4. The fraction of sp³-hybridized carbons (Fsp3) is 0.105. The molecule has 6 aliphatic heterocycles. The van der Waals surface area contributed by atoms with E-state index in [0.29, 0.717) is 0 Å². The Morgan fingerprint density at radius 2 is 0.397 bits per heavy atom. The van der Waals surface area contributed by atoms with Crippen molar-refractivity contribution in [3.8, 4) is 23.0 Å². The Bertz CT molecular complexity index is 6750. The summed E-state index contributed by atoms with van der Waals surface area (Å²) in [5, 5.41) is 0. The molecule has 0 aliphatic carbocycles. The summed E-state index contributed by atoms with van der Waals surface area (Å²) in [7, 11) is 0. The number of rotatable bonds is 13. The molecule has 0 N–H and O–H groups in total. The SMILES string of the molecule is Cc1cccc(C)c1N(c1cc2c3c(c1)N(c1ccccc1)c1cc4c(cc1B3c1ccccc1O2)B1c2cc3c(cc2N(c2ccccc2)c2cc(N(c5c(C)cccc5C)c5c(C)cccc5C)cc(c21)N4c1ccccc1)N(c1ccccc1)c1cc(N(c2c(C)cccc2C)c2c(C)cccc2C)cc2c1B3c1ccccc1O2)c1c(C)cccc1C. The minimum atomic E-state index is -0.392. The lowest BCUT2D eigenvalue weighted by Gasteiger charge is -2.48. The van der Waals surface area contributed by atoms with Crippen LogP contribution in [0.2, 0.25) is 0 Å². The molecule has 12 heteroatoms. The molecule has 0 saturated heterocycles. The van der Waals surface area contributed by atoms with Gasteiger partial charge < -0.3 is 43.8 Å². The fourth-order valence-corrected chi connectivity index (χ4v) is 22.2. The maximum Gasteiger partial charge on any atom is 0.256 e. The van der Waals surface area contributed by atoms with Crippen LogP contribution in [-0.2, 0) is 0 Å². The molecule has 0 bridgehead atoms. The molecule has 17 aromatic rings. The van der Waals surface area contributed by atoms with Crippen LogP contribution in [0.15, 0.2) is 340 Å². The number of hydrogen-bond donors (Lipinski definition) is 0. The summed E-state index contributed by atoms with van der Waals surface area (Å²) in [5.41, 5.74) is 47.3. The van der Waals surface area contributed by atoms with Crippen molar-refractivity contribution in [2.75, 3.05) is 34.3 Å². The summed E-state index contributed by atoms with van der Waals surface area (Å²) in [4.78, 5) is 18.0. The van der Waals surface area contributed by atoms with E-state index in [-0.39, 0.29) is 13.4 Å². The van der Waals surface area contributed by atoms with Crippen molar-refractivity contribution < 1.29 is 9.47 Å². The van der Waals surface area contributed by atoms with Crippen LogP contribution in [0.4, 0.5) is 119 Å². The average molecular weight is 1620 g/mol. The first-order chi connectivity index (χ1) is 61.5. The highest BCUT2D eigenvalue weighted by Crippen LogP contribution is 2.56. The smallest absolute Gasteiger partial charge is 0.256 e. The maximum absolute atomic E-state index is 7.60. The van der Waals surface area contributed by atoms with Gasteiger partial charge in [0.05, 0.1) is 51.2 Å². The first kappa shape index (κ1) is 76.1. The van der Waals surface area contributed by atoms with Crippen LogP contribution in [0.5, 0.6) is 23.0 Å². The third-order valence-corrected chi connectivity index (χ3v) is 27.4. The van der Waals surface area contributed by atoms with E-state index in [2.05, 4.69) is 457 Å². The minimum Gasteiger partial charge on any atom is -0.458 e. The van der Waals surface area contributed by atoms with E-state index in [1.165, 1.54) is 94.1 Å². The fourth-order valence-electron chi connectivity index (χ4n) is 22.2. The quantitative estimate of drug-likeness (QED) is 0.105. The molecule has 0 radical (unpaired) electrons. The van der Waals surface area contributed by atoms with Crippen molar-refractivity contribution >= 4 is 189 Å². The molecule has 0 spiro atoms. The molecule has 17 aromatic carbocycles. The van der Waals surface area contributed by atoms with E-state index in [1.807, 2.05) is 0 Å². The predicted octanol–water partition coefficient (Wildman–Crippen LogP) is 24.7. The number of benzene rings is 17. The number of hydrogen-bond acceptors (Lipinski definition) is 9. The van der Waals surface area contributed by atoms with E-state index >= 15 is 0 Å². The van der Waals surface area contributed by atoms with Crippen molar-refractivity contribution in [3.05, 3.63) is 406 Å². The van der Waals surface area contributed by atoms with Crippen LogP contribution in [0.1, 0.15) is 66.8 Å². The lowest BCUT2D eigenvalue weighted by atomic mass is 9.29. The number of fused-ring (bicyclic) bond motifs is 12. The standard InChI is InChI=1S/C114H92B3N7O2/c1-69-35-29-36-70(2)109(69)122(110-71(3)37-30-38-72(110)4)85-59-98-106-99(60-85)119(82-49-19-14-20-50-82)97-68-95-91(116-89-56-26-28-58-103(89)126-105-64-87(62-101(108(105)116)121(95)84-53-23-16-24-54-84)124(113-77(9)43-33-44-78(113)10)114-79(11)45-34-46-80(114)12)66-93(97)117(106)92-65-90-94(67-96(92)118(98)81-47-17-13-18-48-81)120(83-51-21-15-22-52-83)100-61-86(63-104-107(100)115(90)88-55-25-27-57-102(88)125-104)123(111-73(5)39-31-40-74(111)6)112-75(7)41-32-42-76(112)8/h13-68H,1-12H3. The number of aryl methyl sites for hydroxylation is 12. The molecule has 9 nitrogen and oxygen atoms in total. The zero-order chi connectivity index (χ0) is 85.3. The highest BCUT2D eigenvalue weighted by atomic mass is 16.5. The summed E-state index contributed by atoms with van der Waals surface area (Å²) in [6.07, 6.45) is 0. The van der Waals surface area contributed by atoms with Gasteiger partial charge in [-0.15, -0.1) is 0 Å². The Hall–Kier alpha value is -14.9. The van der Waals surface area contributed by atoms with Gasteiger partial charge in [0.25, 0.3) is 20.1 Å². The third-order valence-electron chi connectivity index (χ3n) is 27.4. The summed E-state index contributed by atoms with van der Waals surface area (Å²) in [6, 6.07) is 128. The van der Waals surface area contributed by atoms with Crippen LogP contribution < -0.4 is 92.9 Å². The van der Waals surface area contributed by atoms with Crippen molar-refractivity contribution in [1.82, 2.24) is 0 Å². The number of ether oxygens (including phenoxy) is 2. The van der Waals surface area contributed by atoms with Gasteiger partial charge in [0.2, 0.25) is 0 Å². The molecule has 126 heavy (non-hydrogen) atoms. The van der Waals surface area contributed by atoms with E-state index in [0.717, 1.165) is 164 Å². The van der Waals surface area contributed by atoms with Gasteiger partial charge in [-0.2, -0.15) is 0 Å². The Balaban J connectivity index is 0.859. The molecule has 0 amide bonds. The number of nitrogens with zero attached hydrogens (tertiary/aromatic N) is 7. The second-order valence-corrected chi connectivity index (χ2v) is 35.3.